The van der Waals surface area contributed by atoms with Gasteiger partial charge in [0.15, 0.2) is 0 Å². The third kappa shape index (κ3) is 3.91. The number of hydrogen-bond acceptors (Lipinski definition) is 4. The van der Waals surface area contributed by atoms with E-state index in [2.05, 4.69) is 0 Å². The van der Waals surface area contributed by atoms with Gasteiger partial charge in [0.25, 0.3) is 0 Å². The van der Waals surface area contributed by atoms with Gasteiger partial charge in [0, 0.05) is 26.2 Å². The monoisotopic (exact) mass is 271 g/mol. The number of hydrogen-bond donors (Lipinski definition) is 2. The van der Waals surface area contributed by atoms with E-state index in [0.29, 0.717) is 26.2 Å². The molecule has 6 heteroatoms. The minimum atomic E-state index is -0.823. The normalized spacial score (nSPS) is 21.8. The van der Waals surface area contributed by atoms with Crippen LogP contribution in [0.2, 0.25) is 0 Å². The third-order valence-corrected chi connectivity index (χ3v) is 4.07. The summed E-state index contributed by atoms with van der Waals surface area (Å²) in [5, 5.41) is 8.96. The molecule has 0 spiro atoms. The van der Waals surface area contributed by atoms with Gasteiger partial charge in [-0.15, -0.1) is 0 Å². The molecule has 1 unspecified atom stereocenters. The molecule has 0 bridgehead atoms. The Morgan fingerprint density at radius 3 is 2.16 bits per heavy atom. The lowest BCUT2D eigenvalue weighted by atomic mass is 9.98. The molecule has 1 aliphatic rings. The minimum absolute atomic E-state index is 0.0167. The molecule has 110 valence electrons. The van der Waals surface area contributed by atoms with Gasteiger partial charge >= 0.3 is 5.97 Å². The van der Waals surface area contributed by atoms with Crippen LogP contribution in [-0.4, -0.2) is 65.0 Å². The van der Waals surface area contributed by atoms with Gasteiger partial charge in [-0.25, -0.2) is 0 Å². The van der Waals surface area contributed by atoms with Gasteiger partial charge in [0.2, 0.25) is 5.91 Å². The topological polar surface area (TPSA) is 86.9 Å². The number of nitrogens with two attached hydrogens (primary N) is 1. The van der Waals surface area contributed by atoms with Crippen molar-refractivity contribution >= 4 is 11.9 Å². The molecule has 0 radical (unpaired) electrons. The molecule has 19 heavy (non-hydrogen) atoms. The van der Waals surface area contributed by atoms with Crippen molar-refractivity contribution in [3.63, 3.8) is 0 Å². The highest BCUT2D eigenvalue weighted by Crippen LogP contribution is 2.12. The van der Waals surface area contributed by atoms with Crippen molar-refractivity contribution in [3.8, 4) is 0 Å². The van der Waals surface area contributed by atoms with Crippen LogP contribution >= 0.6 is 0 Å². The summed E-state index contributed by atoms with van der Waals surface area (Å²) in [6, 6.07) is -0.950. The first-order chi connectivity index (χ1) is 8.88. The number of carboxylic acids is 1. The first kappa shape index (κ1) is 15.9. The van der Waals surface area contributed by atoms with Crippen molar-refractivity contribution in [2.45, 2.75) is 39.3 Å². The van der Waals surface area contributed by atoms with Gasteiger partial charge < -0.3 is 15.7 Å². The summed E-state index contributed by atoms with van der Waals surface area (Å²) in [7, 11) is 0. The second-order valence-electron chi connectivity index (χ2n) is 5.29. The zero-order valence-corrected chi connectivity index (χ0v) is 12.0. The number of carbonyl (C=O) groups is 2. The summed E-state index contributed by atoms with van der Waals surface area (Å²) >= 11 is 0. The van der Waals surface area contributed by atoms with Crippen molar-refractivity contribution < 1.29 is 14.7 Å². The molecular weight excluding hydrogens is 246 g/mol. The third-order valence-electron chi connectivity index (χ3n) is 4.07. The van der Waals surface area contributed by atoms with Gasteiger partial charge in [0.1, 0.15) is 6.04 Å². The zero-order chi connectivity index (χ0) is 14.6. The number of nitrogens with zero attached hydrogens (tertiary/aromatic N) is 2. The lowest BCUT2D eigenvalue weighted by Crippen LogP contribution is -2.56. The van der Waals surface area contributed by atoms with E-state index in [1.54, 1.807) is 11.8 Å². The predicted molar refractivity (Wildman–Crippen MR) is 72.7 cm³/mol. The average molecular weight is 271 g/mol. The molecule has 6 nitrogen and oxygen atoms in total. The van der Waals surface area contributed by atoms with Crippen LogP contribution in [0.3, 0.4) is 0 Å². The second-order valence-corrected chi connectivity index (χ2v) is 5.29. The van der Waals surface area contributed by atoms with Crippen LogP contribution < -0.4 is 5.73 Å². The van der Waals surface area contributed by atoms with Crippen molar-refractivity contribution in [3.05, 3.63) is 0 Å². The molecule has 0 aromatic heterocycles. The van der Waals surface area contributed by atoms with E-state index >= 15 is 0 Å². The van der Waals surface area contributed by atoms with E-state index in [-0.39, 0.29) is 11.8 Å². The molecule has 1 rings (SSSR count). The van der Waals surface area contributed by atoms with Gasteiger partial charge in [0.05, 0.1) is 6.04 Å². The molecular formula is C13H25N3O3. The summed E-state index contributed by atoms with van der Waals surface area (Å²) in [5.41, 5.74) is 5.95. The van der Waals surface area contributed by atoms with E-state index in [1.807, 2.05) is 18.7 Å². The van der Waals surface area contributed by atoms with Crippen LogP contribution in [0, 0.1) is 5.92 Å². The highest BCUT2D eigenvalue weighted by Gasteiger charge is 2.30. The lowest BCUT2D eigenvalue weighted by Gasteiger charge is -2.38. The van der Waals surface area contributed by atoms with Crippen LogP contribution in [-0.2, 0) is 9.59 Å². The van der Waals surface area contributed by atoms with Crippen molar-refractivity contribution in [1.82, 2.24) is 9.80 Å². The molecule has 1 saturated heterocycles. The predicted octanol–water partition coefficient (Wildman–Crippen LogP) is -0.0229. The minimum Gasteiger partial charge on any atom is -0.480 e. The SMILES string of the molecule is CC[C@H](C)[C@H](N)C(=O)N1CCN(C(C)C(=O)O)CC1. The Morgan fingerprint density at radius 1 is 1.21 bits per heavy atom. The summed E-state index contributed by atoms with van der Waals surface area (Å²) in [4.78, 5) is 26.7. The van der Waals surface area contributed by atoms with E-state index in [9.17, 15) is 9.59 Å². The number of rotatable bonds is 5. The van der Waals surface area contributed by atoms with Crippen LogP contribution in [0.1, 0.15) is 27.2 Å². The Hall–Kier alpha value is -1.14. The van der Waals surface area contributed by atoms with Crippen LogP contribution in [0.5, 0.6) is 0 Å². The Kier molecular flexibility index (Phi) is 5.75. The summed E-state index contributed by atoms with van der Waals surface area (Å²) in [5.74, 6) is -0.670. The first-order valence-corrected chi connectivity index (χ1v) is 6.89. The zero-order valence-electron chi connectivity index (χ0n) is 12.0. The molecule has 0 aromatic carbocycles. The molecule has 1 amide bonds. The maximum Gasteiger partial charge on any atom is 0.320 e. The van der Waals surface area contributed by atoms with E-state index in [1.165, 1.54) is 0 Å². The molecule has 0 saturated carbocycles. The molecule has 1 heterocycles. The number of carbonyl (C=O) groups excluding carboxylic acids is 1. The molecule has 0 aromatic rings. The Bertz CT molecular complexity index is 327. The van der Waals surface area contributed by atoms with Crippen molar-refractivity contribution in [2.75, 3.05) is 26.2 Å². The summed E-state index contributed by atoms with van der Waals surface area (Å²) in [6.45, 7) is 7.96. The largest absolute Gasteiger partial charge is 0.480 e. The van der Waals surface area contributed by atoms with E-state index in [4.69, 9.17) is 10.8 Å². The Labute approximate surface area is 114 Å². The molecule has 1 fully saturated rings. The number of carboxylic acid groups (broad SMARTS) is 1. The van der Waals surface area contributed by atoms with Crippen LogP contribution in [0.25, 0.3) is 0 Å². The van der Waals surface area contributed by atoms with Gasteiger partial charge in [-0.3, -0.25) is 14.5 Å². The fourth-order valence-electron chi connectivity index (χ4n) is 2.19. The van der Waals surface area contributed by atoms with E-state index in [0.717, 1.165) is 6.42 Å². The van der Waals surface area contributed by atoms with Crippen LogP contribution in [0.15, 0.2) is 0 Å². The molecule has 3 N–H and O–H groups in total. The quantitative estimate of drug-likeness (QED) is 0.733. The van der Waals surface area contributed by atoms with E-state index < -0.39 is 18.1 Å². The standard InChI is InChI=1S/C13H25N3O3/c1-4-9(2)11(14)12(17)16-7-5-15(6-8-16)10(3)13(18)19/h9-11H,4-8,14H2,1-3H3,(H,18,19)/t9-,10?,11-/m0/s1. The Morgan fingerprint density at radius 2 is 1.74 bits per heavy atom. The number of amides is 1. The number of piperazine rings is 1. The van der Waals surface area contributed by atoms with Crippen molar-refractivity contribution in [1.29, 1.82) is 0 Å². The van der Waals surface area contributed by atoms with Crippen LogP contribution in [0.4, 0.5) is 0 Å². The highest BCUT2D eigenvalue weighted by molar-refractivity contribution is 5.82. The second kappa shape index (κ2) is 6.86. The lowest BCUT2D eigenvalue weighted by molar-refractivity contribution is -0.144. The van der Waals surface area contributed by atoms with Crippen molar-refractivity contribution in [2.24, 2.45) is 11.7 Å². The number of aliphatic carboxylic acids is 1. The van der Waals surface area contributed by atoms with Gasteiger partial charge in [-0.2, -0.15) is 0 Å². The molecule has 1 aliphatic heterocycles. The fourth-order valence-corrected chi connectivity index (χ4v) is 2.19. The fraction of sp³-hybridized carbons (Fsp3) is 0.846. The average Bonchev–Trinajstić information content (AvgIpc) is 2.44. The van der Waals surface area contributed by atoms with Gasteiger partial charge in [-0.05, 0) is 12.8 Å². The highest BCUT2D eigenvalue weighted by atomic mass is 16.4. The first-order valence-electron chi connectivity index (χ1n) is 6.89. The smallest absolute Gasteiger partial charge is 0.320 e. The Balaban J connectivity index is 2.50. The summed E-state index contributed by atoms with van der Waals surface area (Å²) < 4.78 is 0. The molecule has 0 aliphatic carbocycles. The molecule has 3 atom stereocenters. The summed E-state index contributed by atoms with van der Waals surface area (Å²) in [6.07, 6.45) is 0.878. The maximum absolute atomic E-state index is 12.2. The van der Waals surface area contributed by atoms with Gasteiger partial charge in [-0.1, -0.05) is 20.3 Å². The maximum atomic E-state index is 12.2.